The molecule has 1 aromatic heterocycles. The highest BCUT2D eigenvalue weighted by Gasteiger charge is 2.32. The van der Waals surface area contributed by atoms with Crippen LogP contribution in [0, 0.1) is 17.0 Å². The summed E-state index contributed by atoms with van der Waals surface area (Å²) in [6.07, 6.45) is 0. The van der Waals surface area contributed by atoms with E-state index in [1.807, 2.05) is 19.2 Å². The van der Waals surface area contributed by atoms with Gasteiger partial charge in [-0.3, -0.25) is 19.8 Å². The van der Waals surface area contributed by atoms with Crippen LogP contribution >= 0.6 is 23.1 Å². The molecule has 0 N–H and O–H groups in total. The lowest BCUT2D eigenvalue weighted by Gasteiger charge is -2.06. The van der Waals surface area contributed by atoms with Gasteiger partial charge >= 0.3 is 0 Å². The molecule has 2 heterocycles. The molecule has 0 saturated carbocycles. The lowest BCUT2D eigenvalue weighted by atomic mass is 10.1. The summed E-state index contributed by atoms with van der Waals surface area (Å²) in [6, 6.07) is 6.16. The standard InChI is InChI=1S/C16H14N4O3S2/c1-9-8-24-15(17-9)18-16-19(3)14(21)13(25-16)10(2)11-4-6-12(7-5-11)20(22)23/h4-8H,1-3H3/b13-10-,18-16+. The van der Waals surface area contributed by atoms with E-state index < -0.39 is 4.92 Å². The van der Waals surface area contributed by atoms with Crippen LogP contribution in [0.25, 0.3) is 5.57 Å². The van der Waals surface area contributed by atoms with Crippen molar-refractivity contribution in [2.24, 2.45) is 4.99 Å². The molecule has 2 aromatic rings. The summed E-state index contributed by atoms with van der Waals surface area (Å²) in [6.45, 7) is 3.71. The van der Waals surface area contributed by atoms with Gasteiger partial charge in [-0.1, -0.05) is 0 Å². The Labute approximate surface area is 152 Å². The lowest BCUT2D eigenvalue weighted by Crippen LogP contribution is -2.23. The molecule has 3 rings (SSSR count). The van der Waals surface area contributed by atoms with Gasteiger partial charge in [0, 0.05) is 24.6 Å². The number of nitro groups is 1. The Morgan fingerprint density at radius 3 is 2.56 bits per heavy atom. The topological polar surface area (TPSA) is 88.7 Å². The second-order valence-corrected chi connectivity index (χ2v) is 7.20. The second kappa shape index (κ2) is 6.77. The highest BCUT2D eigenvalue weighted by atomic mass is 32.2. The third kappa shape index (κ3) is 3.47. The number of rotatable bonds is 3. The molecule has 1 saturated heterocycles. The minimum absolute atomic E-state index is 0.0189. The monoisotopic (exact) mass is 374 g/mol. The number of aryl methyl sites for hydroxylation is 1. The van der Waals surface area contributed by atoms with Gasteiger partial charge in [0.15, 0.2) is 5.17 Å². The van der Waals surface area contributed by atoms with Gasteiger partial charge in [-0.05, 0) is 48.9 Å². The molecule has 128 valence electrons. The molecule has 7 nitrogen and oxygen atoms in total. The molecule has 1 fully saturated rings. The van der Waals surface area contributed by atoms with Gasteiger partial charge < -0.3 is 0 Å². The van der Waals surface area contributed by atoms with Crippen molar-refractivity contribution in [2.75, 3.05) is 7.05 Å². The van der Waals surface area contributed by atoms with Crippen LogP contribution in [-0.4, -0.2) is 32.9 Å². The maximum atomic E-state index is 12.5. The zero-order valence-electron chi connectivity index (χ0n) is 13.7. The summed E-state index contributed by atoms with van der Waals surface area (Å²) in [5.41, 5.74) is 2.43. The number of thioether (sulfide) groups is 1. The Balaban J connectivity index is 1.93. The largest absolute Gasteiger partial charge is 0.289 e. The molecule has 0 spiro atoms. The molecule has 0 bridgehead atoms. The van der Waals surface area contributed by atoms with E-state index in [0.29, 0.717) is 15.2 Å². The molecular weight excluding hydrogens is 360 g/mol. The predicted molar refractivity (Wildman–Crippen MR) is 100.0 cm³/mol. The van der Waals surface area contributed by atoms with Gasteiger partial charge in [0.2, 0.25) is 5.13 Å². The van der Waals surface area contributed by atoms with E-state index in [9.17, 15) is 14.9 Å². The fourth-order valence-electron chi connectivity index (χ4n) is 2.22. The fraction of sp³-hybridized carbons (Fsp3) is 0.188. The number of likely N-dealkylation sites (N-methyl/N-ethyl adjacent to an activating group) is 1. The number of allylic oxidation sites excluding steroid dienone is 1. The quantitative estimate of drug-likeness (QED) is 0.460. The molecule has 0 unspecified atom stereocenters. The highest BCUT2D eigenvalue weighted by Crippen LogP contribution is 2.37. The van der Waals surface area contributed by atoms with Gasteiger partial charge in [0.1, 0.15) is 0 Å². The van der Waals surface area contributed by atoms with Crippen LogP contribution in [0.1, 0.15) is 18.2 Å². The third-order valence-corrected chi connectivity index (χ3v) is 5.71. The highest BCUT2D eigenvalue weighted by molar-refractivity contribution is 8.18. The van der Waals surface area contributed by atoms with Crippen LogP contribution in [0.3, 0.4) is 0 Å². The number of nitrogens with zero attached hydrogens (tertiary/aromatic N) is 4. The number of amidine groups is 1. The molecule has 25 heavy (non-hydrogen) atoms. The van der Waals surface area contributed by atoms with E-state index in [0.717, 1.165) is 16.8 Å². The minimum atomic E-state index is -0.448. The summed E-state index contributed by atoms with van der Waals surface area (Å²) in [5.74, 6) is -0.145. The Kier molecular flexibility index (Phi) is 4.69. The van der Waals surface area contributed by atoms with Crippen molar-refractivity contribution in [3.05, 3.63) is 55.9 Å². The van der Waals surface area contributed by atoms with Crippen molar-refractivity contribution in [3.63, 3.8) is 0 Å². The van der Waals surface area contributed by atoms with Crippen molar-refractivity contribution >= 4 is 50.6 Å². The number of benzene rings is 1. The number of hydrogen-bond donors (Lipinski definition) is 0. The predicted octanol–water partition coefficient (Wildman–Crippen LogP) is 3.98. The Morgan fingerprint density at radius 1 is 1.32 bits per heavy atom. The van der Waals surface area contributed by atoms with Crippen molar-refractivity contribution in [1.82, 2.24) is 9.88 Å². The van der Waals surface area contributed by atoms with Gasteiger partial charge in [0.25, 0.3) is 11.6 Å². The van der Waals surface area contributed by atoms with Gasteiger partial charge in [-0.2, -0.15) is 4.99 Å². The van der Waals surface area contributed by atoms with E-state index in [1.165, 1.54) is 40.1 Å². The van der Waals surface area contributed by atoms with E-state index in [2.05, 4.69) is 9.98 Å². The molecule has 1 aromatic carbocycles. The van der Waals surface area contributed by atoms with Crippen LogP contribution in [0.4, 0.5) is 10.8 Å². The third-order valence-electron chi connectivity index (χ3n) is 3.63. The van der Waals surface area contributed by atoms with Crippen LogP contribution in [0.5, 0.6) is 0 Å². The van der Waals surface area contributed by atoms with Crippen LogP contribution in [-0.2, 0) is 4.79 Å². The first kappa shape index (κ1) is 17.3. The minimum Gasteiger partial charge on any atom is -0.289 e. The van der Waals surface area contributed by atoms with E-state index in [4.69, 9.17) is 0 Å². The van der Waals surface area contributed by atoms with Crippen LogP contribution in [0.2, 0.25) is 0 Å². The normalized spacial score (nSPS) is 18.1. The molecular formula is C16H14N4O3S2. The van der Waals surface area contributed by atoms with Crippen LogP contribution in [0.15, 0.2) is 39.5 Å². The van der Waals surface area contributed by atoms with Crippen molar-refractivity contribution in [2.45, 2.75) is 13.8 Å². The van der Waals surface area contributed by atoms with Gasteiger partial charge in [-0.15, -0.1) is 11.3 Å². The zero-order chi connectivity index (χ0) is 18.1. The molecule has 0 aliphatic carbocycles. The first-order valence-corrected chi connectivity index (χ1v) is 8.99. The number of aliphatic imine (C=N–C) groups is 1. The smallest absolute Gasteiger partial charge is 0.269 e. The summed E-state index contributed by atoms with van der Waals surface area (Å²) < 4.78 is 0. The Bertz CT molecular complexity index is 916. The van der Waals surface area contributed by atoms with E-state index >= 15 is 0 Å². The summed E-state index contributed by atoms with van der Waals surface area (Å²) in [4.78, 5) is 33.6. The molecule has 1 aliphatic heterocycles. The van der Waals surface area contributed by atoms with Crippen molar-refractivity contribution < 1.29 is 9.72 Å². The average Bonchev–Trinajstić information content (AvgIpc) is 3.12. The molecule has 0 radical (unpaired) electrons. The number of aromatic nitrogens is 1. The SMILES string of the molecule is C/C(=C1/S/C(=N/c2nc(C)cs2)N(C)C1=O)c1ccc([N+](=O)[O-])cc1. The number of non-ortho nitro benzene ring substituents is 1. The van der Waals surface area contributed by atoms with Gasteiger partial charge in [-0.25, -0.2) is 4.98 Å². The second-order valence-electron chi connectivity index (χ2n) is 5.39. The van der Waals surface area contributed by atoms with E-state index in [-0.39, 0.29) is 11.6 Å². The zero-order valence-corrected chi connectivity index (χ0v) is 15.3. The maximum Gasteiger partial charge on any atom is 0.269 e. The number of carbonyl (C=O) groups is 1. The molecule has 1 aliphatic rings. The number of thiazole rings is 1. The summed E-state index contributed by atoms with van der Waals surface area (Å²) in [7, 11) is 1.67. The number of nitro benzene ring substituents is 1. The number of carbonyl (C=O) groups excluding carboxylic acids is 1. The first-order valence-electron chi connectivity index (χ1n) is 7.29. The first-order chi connectivity index (χ1) is 11.9. The summed E-state index contributed by atoms with van der Waals surface area (Å²) in [5, 5.41) is 13.8. The van der Waals surface area contributed by atoms with Crippen molar-refractivity contribution in [1.29, 1.82) is 0 Å². The Hall–Kier alpha value is -2.52. The number of hydrogen-bond acceptors (Lipinski definition) is 7. The average molecular weight is 374 g/mol. The lowest BCUT2D eigenvalue weighted by molar-refractivity contribution is -0.384. The van der Waals surface area contributed by atoms with Crippen LogP contribution < -0.4 is 0 Å². The number of amides is 1. The fourth-order valence-corrected chi connectivity index (χ4v) is 3.97. The van der Waals surface area contributed by atoms with Crippen molar-refractivity contribution in [3.8, 4) is 0 Å². The molecule has 9 heteroatoms. The van der Waals surface area contributed by atoms with E-state index in [1.54, 1.807) is 19.2 Å². The molecule has 1 amide bonds. The molecule has 0 atom stereocenters. The maximum absolute atomic E-state index is 12.5. The van der Waals surface area contributed by atoms with Gasteiger partial charge in [0.05, 0.1) is 15.5 Å². The summed E-state index contributed by atoms with van der Waals surface area (Å²) >= 11 is 2.70. The Morgan fingerprint density at radius 2 is 2.00 bits per heavy atom.